The van der Waals surface area contributed by atoms with E-state index in [4.69, 9.17) is 4.74 Å². The topological polar surface area (TPSA) is 9.23 Å². The maximum absolute atomic E-state index is 12.3. The molecule has 0 saturated carbocycles. The van der Waals surface area contributed by atoms with Crippen molar-refractivity contribution in [3.8, 4) is 0 Å². The molecule has 3 atom stereocenters. The van der Waals surface area contributed by atoms with E-state index in [0.29, 0.717) is 6.61 Å². The van der Waals surface area contributed by atoms with Crippen LogP contribution in [0.5, 0.6) is 0 Å². The van der Waals surface area contributed by atoms with Crippen molar-refractivity contribution in [2.45, 2.75) is 20.3 Å². The van der Waals surface area contributed by atoms with Gasteiger partial charge < -0.3 is 4.74 Å². The van der Waals surface area contributed by atoms with Crippen molar-refractivity contribution in [3.05, 3.63) is 0 Å². The molecule has 0 aromatic carbocycles. The van der Waals surface area contributed by atoms with Gasteiger partial charge in [0.05, 0.1) is 6.61 Å². The lowest BCUT2D eigenvalue weighted by atomic mass is 9.83. The number of hydrogen-bond donors (Lipinski definition) is 0. The van der Waals surface area contributed by atoms with Gasteiger partial charge in [0.1, 0.15) is 0 Å². The molecular weight excluding hydrogens is 150 g/mol. The summed E-state index contributed by atoms with van der Waals surface area (Å²) in [5.41, 5.74) is 0. The summed E-state index contributed by atoms with van der Waals surface area (Å²) in [7, 11) is 0. The van der Waals surface area contributed by atoms with Crippen LogP contribution in [0.4, 0.5) is 8.78 Å². The standard InChI is InChI=1S/C8H14F2O/c1-5-3-11-4-7(6(5)2)8(9)10/h5-8H,3-4H2,1-2H3/t5-,6-,7-/m0/s1. The molecular formula is C8H14F2O. The summed E-state index contributed by atoms with van der Waals surface area (Å²) < 4.78 is 29.6. The molecule has 0 bridgehead atoms. The monoisotopic (exact) mass is 164 g/mol. The van der Waals surface area contributed by atoms with Crippen molar-refractivity contribution in [2.24, 2.45) is 17.8 Å². The Kier molecular flexibility index (Phi) is 2.82. The summed E-state index contributed by atoms with van der Waals surface area (Å²) in [6.45, 7) is 4.69. The molecule has 0 aliphatic carbocycles. The third-order valence-electron chi connectivity index (χ3n) is 2.59. The lowest BCUT2D eigenvalue weighted by molar-refractivity contribution is -0.0790. The molecule has 0 spiro atoms. The van der Waals surface area contributed by atoms with E-state index in [1.54, 1.807) is 0 Å². The Hall–Kier alpha value is -0.180. The molecule has 0 radical (unpaired) electrons. The number of rotatable bonds is 1. The predicted molar refractivity (Wildman–Crippen MR) is 38.6 cm³/mol. The lowest BCUT2D eigenvalue weighted by Gasteiger charge is -2.33. The Morgan fingerprint density at radius 1 is 1.27 bits per heavy atom. The van der Waals surface area contributed by atoms with Crippen molar-refractivity contribution in [1.29, 1.82) is 0 Å². The molecule has 0 amide bonds. The average Bonchev–Trinajstić information content (AvgIpc) is 1.94. The molecule has 0 unspecified atom stereocenters. The highest BCUT2D eigenvalue weighted by atomic mass is 19.3. The van der Waals surface area contributed by atoms with Crippen LogP contribution in [-0.2, 0) is 4.74 Å². The Bertz CT molecular complexity index is 127. The second kappa shape index (κ2) is 3.48. The average molecular weight is 164 g/mol. The molecule has 11 heavy (non-hydrogen) atoms. The van der Waals surface area contributed by atoms with Crippen molar-refractivity contribution < 1.29 is 13.5 Å². The third kappa shape index (κ3) is 1.89. The molecule has 1 rings (SSSR count). The number of hydrogen-bond acceptors (Lipinski definition) is 1. The van der Waals surface area contributed by atoms with Gasteiger partial charge >= 0.3 is 0 Å². The van der Waals surface area contributed by atoms with Crippen molar-refractivity contribution in [1.82, 2.24) is 0 Å². The summed E-state index contributed by atoms with van der Waals surface area (Å²) in [5, 5.41) is 0. The normalized spacial score (nSPS) is 39.5. The highest BCUT2D eigenvalue weighted by Gasteiger charge is 2.33. The molecule has 0 N–H and O–H groups in total. The molecule has 1 aliphatic heterocycles. The van der Waals surface area contributed by atoms with Crippen molar-refractivity contribution in [2.75, 3.05) is 13.2 Å². The van der Waals surface area contributed by atoms with Crippen LogP contribution < -0.4 is 0 Å². The third-order valence-corrected chi connectivity index (χ3v) is 2.59. The first-order valence-electron chi connectivity index (χ1n) is 3.98. The SMILES string of the molecule is C[C@@H]1[C@@H](C(F)F)COC[C@@H]1C. The first-order valence-corrected chi connectivity index (χ1v) is 3.98. The van der Waals surface area contributed by atoms with Crippen LogP contribution in [0.1, 0.15) is 13.8 Å². The van der Waals surface area contributed by atoms with Gasteiger partial charge in [0, 0.05) is 12.5 Å². The van der Waals surface area contributed by atoms with Crippen LogP contribution in [0.15, 0.2) is 0 Å². The van der Waals surface area contributed by atoms with Gasteiger partial charge in [-0.15, -0.1) is 0 Å². The predicted octanol–water partition coefficient (Wildman–Crippen LogP) is 2.17. The van der Waals surface area contributed by atoms with Gasteiger partial charge in [-0.1, -0.05) is 13.8 Å². The fourth-order valence-corrected chi connectivity index (χ4v) is 1.42. The molecule has 1 aliphatic rings. The Morgan fingerprint density at radius 2 is 1.91 bits per heavy atom. The fraction of sp³-hybridized carbons (Fsp3) is 1.00. The first kappa shape index (κ1) is 8.91. The zero-order valence-corrected chi connectivity index (χ0v) is 6.89. The van der Waals surface area contributed by atoms with Crippen molar-refractivity contribution >= 4 is 0 Å². The largest absolute Gasteiger partial charge is 0.381 e. The van der Waals surface area contributed by atoms with Crippen LogP contribution in [0.3, 0.4) is 0 Å². The van der Waals surface area contributed by atoms with E-state index in [-0.39, 0.29) is 18.4 Å². The molecule has 1 heterocycles. The molecule has 1 saturated heterocycles. The highest BCUT2D eigenvalue weighted by molar-refractivity contribution is 4.76. The first-order chi connectivity index (χ1) is 5.13. The lowest BCUT2D eigenvalue weighted by Crippen LogP contribution is -2.36. The van der Waals surface area contributed by atoms with Crippen molar-refractivity contribution in [3.63, 3.8) is 0 Å². The van der Waals surface area contributed by atoms with Crippen LogP contribution in [-0.4, -0.2) is 19.6 Å². The zero-order chi connectivity index (χ0) is 8.43. The van der Waals surface area contributed by atoms with Gasteiger partial charge in [-0.25, -0.2) is 8.78 Å². The zero-order valence-electron chi connectivity index (χ0n) is 6.89. The van der Waals surface area contributed by atoms with E-state index in [2.05, 4.69) is 0 Å². The quantitative estimate of drug-likeness (QED) is 0.577. The second-order valence-corrected chi connectivity index (χ2v) is 3.37. The van der Waals surface area contributed by atoms with Gasteiger partial charge in [-0.05, 0) is 11.8 Å². The smallest absolute Gasteiger partial charge is 0.243 e. The Balaban J connectivity index is 2.51. The molecule has 3 heteroatoms. The van der Waals surface area contributed by atoms with Crippen LogP contribution in [0, 0.1) is 17.8 Å². The number of halogens is 2. The van der Waals surface area contributed by atoms with Gasteiger partial charge in [0.15, 0.2) is 0 Å². The number of alkyl halides is 2. The summed E-state index contributed by atoms with van der Waals surface area (Å²) >= 11 is 0. The summed E-state index contributed by atoms with van der Waals surface area (Å²) in [4.78, 5) is 0. The van der Waals surface area contributed by atoms with E-state index in [0.717, 1.165) is 0 Å². The minimum Gasteiger partial charge on any atom is -0.381 e. The van der Waals surface area contributed by atoms with E-state index in [9.17, 15) is 8.78 Å². The van der Waals surface area contributed by atoms with E-state index in [1.165, 1.54) is 0 Å². The molecule has 0 aromatic rings. The second-order valence-electron chi connectivity index (χ2n) is 3.37. The van der Waals surface area contributed by atoms with Crippen LogP contribution >= 0.6 is 0 Å². The summed E-state index contributed by atoms with van der Waals surface area (Å²) in [5.74, 6) is -0.203. The molecule has 1 fully saturated rings. The fourth-order valence-electron chi connectivity index (χ4n) is 1.42. The van der Waals surface area contributed by atoms with E-state index < -0.39 is 12.3 Å². The van der Waals surface area contributed by atoms with Crippen LogP contribution in [0.2, 0.25) is 0 Å². The highest BCUT2D eigenvalue weighted by Crippen LogP contribution is 2.30. The van der Waals surface area contributed by atoms with Crippen LogP contribution in [0.25, 0.3) is 0 Å². The maximum Gasteiger partial charge on any atom is 0.243 e. The van der Waals surface area contributed by atoms with E-state index >= 15 is 0 Å². The summed E-state index contributed by atoms with van der Waals surface area (Å²) in [6.07, 6.45) is -2.23. The van der Waals surface area contributed by atoms with Gasteiger partial charge in [-0.3, -0.25) is 0 Å². The molecule has 1 nitrogen and oxygen atoms in total. The number of ether oxygens (including phenoxy) is 1. The molecule has 0 aromatic heterocycles. The van der Waals surface area contributed by atoms with Gasteiger partial charge in [-0.2, -0.15) is 0 Å². The van der Waals surface area contributed by atoms with Gasteiger partial charge in [0.2, 0.25) is 6.43 Å². The minimum atomic E-state index is -2.23. The Labute approximate surface area is 65.7 Å². The van der Waals surface area contributed by atoms with Gasteiger partial charge in [0.25, 0.3) is 0 Å². The maximum atomic E-state index is 12.3. The molecule has 66 valence electrons. The Morgan fingerprint density at radius 3 is 2.36 bits per heavy atom. The van der Waals surface area contributed by atoms with E-state index in [1.807, 2.05) is 13.8 Å². The summed E-state index contributed by atoms with van der Waals surface area (Å²) in [6, 6.07) is 0. The minimum absolute atomic E-state index is 0.0868.